The van der Waals surface area contributed by atoms with Crippen molar-refractivity contribution in [2.24, 2.45) is 5.73 Å². The van der Waals surface area contributed by atoms with Gasteiger partial charge in [-0.2, -0.15) is 0 Å². The highest BCUT2D eigenvalue weighted by molar-refractivity contribution is 7.09. The summed E-state index contributed by atoms with van der Waals surface area (Å²) in [5, 5.41) is 3.23. The zero-order chi connectivity index (χ0) is 12.3. The number of thiazole rings is 1. The average molecular weight is 247 g/mol. The molecule has 1 heterocycles. The molecule has 0 spiro atoms. The first kappa shape index (κ1) is 12.1. The molecule has 2 rings (SSSR count). The Morgan fingerprint density at radius 2 is 2.00 bits per heavy atom. The molecule has 2 N–H and O–H groups in total. The smallest absolute Gasteiger partial charge is 0.0898 e. The Morgan fingerprint density at radius 3 is 2.53 bits per heavy atom. The average Bonchev–Trinajstić information content (AvgIpc) is 2.75. The van der Waals surface area contributed by atoms with Gasteiger partial charge in [-0.05, 0) is 24.6 Å². The van der Waals surface area contributed by atoms with Crippen LogP contribution in [0.2, 0.25) is 0 Å². The van der Waals surface area contributed by atoms with Crippen LogP contribution in [-0.4, -0.2) is 12.0 Å². The van der Waals surface area contributed by atoms with Gasteiger partial charge in [-0.1, -0.05) is 12.1 Å². The lowest BCUT2D eigenvalue weighted by Crippen LogP contribution is -2.16. The van der Waals surface area contributed by atoms with Crippen molar-refractivity contribution in [3.05, 3.63) is 45.9 Å². The third-order valence-corrected chi connectivity index (χ3v) is 3.50. The van der Waals surface area contributed by atoms with Gasteiger partial charge < -0.3 is 10.6 Å². The van der Waals surface area contributed by atoms with E-state index in [1.165, 1.54) is 5.69 Å². The SMILES string of the molecule is Cc1nc(CN(C)c2ccc(CN)cc2)cs1. The van der Waals surface area contributed by atoms with Crippen molar-refractivity contribution in [2.45, 2.75) is 20.0 Å². The zero-order valence-corrected chi connectivity index (χ0v) is 11.0. The molecular weight excluding hydrogens is 230 g/mol. The molecule has 0 saturated heterocycles. The Balaban J connectivity index is 2.06. The Morgan fingerprint density at radius 1 is 1.29 bits per heavy atom. The Bertz CT molecular complexity index is 476. The number of nitrogens with zero attached hydrogens (tertiary/aromatic N) is 2. The van der Waals surface area contributed by atoms with E-state index in [2.05, 4.69) is 46.6 Å². The highest BCUT2D eigenvalue weighted by atomic mass is 32.1. The van der Waals surface area contributed by atoms with Crippen molar-refractivity contribution in [1.29, 1.82) is 0 Å². The first-order valence-corrected chi connectivity index (χ1v) is 6.48. The summed E-state index contributed by atoms with van der Waals surface area (Å²) in [6, 6.07) is 8.33. The van der Waals surface area contributed by atoms with Crippen molar-refractivity contribution in [1.82, 2.24) is 4.98 Å². The first-order chi connectivity index (χ1) is 8.19. The maximum absolute atomic E-state index is 5.58. The fourth-order valence-corrected chi connectivity index (χ4v) is 2.31. The van der Waals surface area contributed by atoms with Crippen LogP contribution in [-0.2, 0) is 13.1 Å². The predicted octanol–water partition coefficient (Wildman–Crippen LogP) is 2.55. The van der Waals surface area contributed by atoms with Gasteiger partial charge in [0.2, 0.25) is 0 Å². The second-order valence-corrected chi connectivity index (χ2v) is 5.15. The molecule has 0 amide bonds. The van der Waals surface area contributed by atoms with Gasteiger partial charge in [0.1, 0.15) is 0 Å². The minimum Gasteiger partial charge on any atom is -0.369 e. The second kappa shape index (κ2) is 5.29. The Hall–Kier alpha value is -1.39. The van der Waals surface area contributed by atoms with Crippen molar-refractivity contribution in [2.75, 3.05) is 11.9 Å². The summed E-state index contributed by atoms with van der Waals surface area (Å²) in [4.78, 5) is 6.66. The number of aryl methyl sites for hydroxylation is 1. The molecule has 0 atom stereocenters. The summed E-state index contributed by atoms with van der Waals surface area (Å²) in [7, 11) is 2.08. The molecule has 0 unspecified atom stereocenters. The van der Waals surface area contributed by atoms with E-state index in [0.717, 1.165) is 22.8 Å². The first-order valence-electron chi connectivity index (χ1n) is 5.60. The summed E-state index contributed by atoms with van der Waals surface area (Å²) in [5.41, 5.74) is 9.05. The maximum atomic E-state index is 5.58. The van der Waals surface area contributed by atoms with Gasteiger partial charge >= 0.3 is 0 Å². The van der Waals surface area contributed by atoms with Gasteiger partial charge in [-0.15, -0.1) is 11.3 Å². The van der Waals surface area contributed by atoms with Crippen LogP contribution in [0.25, 0.3) is 0 Å². The van der Waals surface area contributed by atoms with Gasteiger partial charge in [-0.25, -0.2) is 4.98 Å². The van der Waals surface area contributed by atoms with E-state index in [4.69, 9.17) is 5.73 Å². The molecule has 0 fully saturated rings. The Labute approximate surface area is 106 Å². The van der Waals surface area contributed by atoms with Crippen molar-refractivity contribution in [3.63, 3.8) is 0 Å². The number of benzene rings is 1. The number of anilines is 1. The van der Waals surface area contributed by atoms with Crippen LogP contribution in [0.3, 0.4) is 0 Å². The molecule has 1 aromatic carbocycles. The molecule has 1 aromatic heterocycles. The summed E-state index contributed by atoms with van der Waals surface area (Å²) in [6.07, 6.45) is 0. The van der Waals surface area contributed by atoms with E-state index in [-0.39, 0.29) is 0 Å². The van der Waals surface area contributed by atoms with E-state index in [1.54, 1.807) is 11.3 Å². The molecule has 17 heavy (non-hydrogen) atoms. The van der Waals surface area contributed by atoms with E-state index < -0.39 is 0 Å². The van der Waals surface area contributed by atoms with Crippen molar-refractivity contribution < 1.29 is 0 Å². The lowest BCUT2D eigenvalue weighted by atomic mass is 10.2. The van der Waals surface area contributed by atoms with Gasteiger partial charge in [-0.3, -0.25) is 0 Å². The molecular formula is C13H17N3S. The van der Waals surface area contributed by atoms with Crippen LogP contribution in [0.5, 0.6) is 0 Å². The number of aromatic nitrogens is 1. The molecule has 2 aromatic rings. The molecule has 0 saturated carbocycles. The van der Waals surface area contributed by atoms with Crippen LogP contribution >= 0.6 is 11.3 Å². The molecule has 0 aliphatic rings. The number of hydrogen-bond donors (Lipinski definition) is 1. The molecule has 0 aliphatic carbocycles. The van der Waals surface area contributed by atoms with Crippen LogP contribution in [0.15, 0.2) is 29.6 Å². The second-order valence-electron chi connectivity index (χ2n) is 4.08. The topological polar surface area (TPSA) is 42.2 Å². The van der Waals surface area contributed by atoms with Crippen LogP contribution < -0.4 is 10.6 Å². The van der Waals surface area contributed by atoms with Gasteiger partial charge in [0.25, 0.3) is 0 Å². The summed E-state index contributed by atoms with van der Waals surface area (Å²) < 4.78 is 0. The lowest BCUT2D eigenvalue weighted by Gasteiger charge is -2.18. The quantitative estimate of drug-likeness (QED) is 0.903. The fraction of sp³-hybridized carbons (Fsp3) is 0.308. The largest absolute Gasteiger partial charge is 0.369 e. The highest BCUT2D eigenvalue weighted by Gasteiger charge is 2.04. The molecule has 0 bridgehead atoms. The van der Waals surface area contributed by atoms with Crippen molar-refractivity contribution >= 4 is 17.0 Å². The highest BCUT2D eigenvalue weighted by Crippen LogP contribution is 2.17. The summed E-state index contributed by atoms with van der Waals surface area (Å²) >= 11 is 1.69. The third-order valence-electron chi connectivity index (χ3n) is 2.68. The van der Waals surface area contributed by atoms with Crippen LogP contribution in [0.4, 0.5) is 5.69 Å². The van der Waals surface area contributed by atoms with Crippen molar-refractivity contribution in [3.8, 4) is 0 Å². The van der Waals surface area contributed by atoms with E-state index in [9.17, 15) is 0 Å². The Kier molecular flexibility index (Phi) is 3.76. The lowest BCUT2D eigenvalue weighted by molar-refractivity contribution is 0.889. The monoisotopic (exact) mass is 247 g/mol. The molecule has 90 valence electrons. The molecule has 0 radical (unpaired) electrons. The van der Waals surface area contributed by atoms with Gasteiger partial charge in [0.15, 0.2) is 0 Å². The van der Waals surface area contributed by atoms with E-state index >= 15 is 0 Å². The van der Waals surface area contributed by atoms with Gasteiger partial charge in [0.05, 0.1) is 17.2 Å². The fourth-order valence-electron chi connectivity index (χ4n) is 1.70. The van der Waals surface area contributed by atoms with Crippen LogP contribution in [0.1, 0.15) is 16.3 Å². The maximum Gasteiger partial charge on any atom is 0.0898 e. The molecule has 0 aliphatic heterocycles. The van der Waals surface area contributed by atoms with E-state index in [1.807, 2.05) is 6.92 Å². The number of hydrogen-bond acceptors (Lipinski definition) is 4. The molecule has 4 heteroatoms. The summed E-state index contributed by atoms with van der Waals surface area (Å²) in [6.45, 7) is 3.46. The zero-order valence-electron chi connectivity index (χ0n) is 10.2. The predicted molar refractivity (Wildman–Crippen MR) is 73.3 cm³/mol. The molecule has 3 nitrogen and oxygen atoms in total. The number of nitrogens with two attached hydrogens (primary N) is 1. The standard InChI is InChI=1S/C13H17N3S/c1-10-15-12(9-17-10)8-16(2)13-5-3-11(7-14)4-6-13/h3-6,9H,7-8,14H2,1-2H3. The third kappa shape index (κ3) is 3.05. The normalized spacial score (nSPS) is 10.5. The van der Waals surface area contributed by atoms with Crippen LogP contribution in [0, 0.1) is 6.92 Å². The minimum atomic E-state index is 0.593. The summed E-state index contributed by atoms with van der Waals surface area (Å²) in [5.74, 6) is 0. The number of rotatable bonds is 4. The minimum absolute atomic E-state index is 0.593. The van der Waals surface area contributed by atoms with E-state index in [0.29, 0.717) is 6.54 Å². The van der Waals surface area contributed by atoms with Gasteiger partial charge in [0, 0.05) is 24.7 Å².